The number of benzene rings is 1. The van der Waals surface area contributed by atoms with Gasteiger partial charge in [-0.3, -0.25) is 0 Å². The minimum Gasteiger partial charge on any atom is -0.348 e. The Morgan fingerprint density at radius 1 is 1.24 bits per heavy atom. The number of imidazole rings is 1. The Kier molecular flexibility index (Phi) is 3.97. The van der Waals surface area contributed by atoms with Crippen molar-refractivity contribution < 1.29 is 0 Å². The quantitative estimate of drug-likeness (QED) is 0.801. The molecule has 21 heavy (non-hydrogen) atoms. The molecule has 1 aromatic carbocycles. The van der Waals surface area contributed by atoms with Crippen LogP contribution in [0.4, 0.5) is 0 Å². The van der Waals surface area contributed by atoms with Crippen LogP contribution in [-0.2, 0) is 6.42 Å². The highest BCUT2D eigenvalue weighted by atomic mass is 35.5. The van der Waals surface area contributed by atoms with Crippen molar-refractivity contribution in [2.75, 3.05) is 0 Å². The average Bonchev–Trinajstić information content (AvgIpc) is 3.01. The Labute approximate surface area is 128 Å². The zero-order chi connectivity index (χ0) is 14.7. The first-order chi connectivity index (χ1) is 10.3. The van der Waals surface area contributed by atoms with E-state index in [1.807, 2.05) is 30.5 Å². The third-order valence-corrected chi connectivity index (χ3v) is 3.88. The zero-order valence-corrected chi connectivity index (χ0v) is 12.4. The number of hydrogen-bond donors (Lipinski definition) is 1. The van der Waals surface area contributed by atoms with Gasteiger partial charge in [-0.05, 0) is 36.2 Å². The summed E-state index contributed by atoms with van der Waals surface area (Å²) in [5.74, 6) is 0.0814. The predicted molar refractivity (Wildman–Crippen MR) is 82.4 cm³/mol. The highest BCUT2D eigenvalue weighted by molar-refractivity contribution is 6.31. The molecule has 0 aliphatic rings. The van der Waals surface area contributed by atoms with Gasteiger partial charge in [-0.15, -0.1) is 0 Å². The molecule has 0 amide bonds. The molecule has 0 aliphatic heterocycles. The summed E-state index contributed by atoms with van der Waals surface area (Å²) in [6, 6.07) is 9.83. The summed E-state index contributed by atoms with van der Waals surface area (Å²) in [5, 5.41) is 8.90. The number of aryl methyl sites for hydroxylation is 1. The van der Waals surface area contributed by atoms with Gasteiger partial charge in [0.25, 0.3) is 0 Å². The van der Waals surface area contributed by atoms with E-state index in [1.165, 1.54) is 0 Å². The lowest BCUT2D eigenvalue weighted by Crippen LogP contribution is -2.09. The molecule has 4 nitrogen and oxygen atoms in total. The second-order valence-electron chi connectivity index (χ2n) is 4.95. The Morgan fingerprint density at radius 3 is 2.81 bits per heavy atom. The molecule has 1 N–H and O–H groups in total. The fraction of sp³-hybridized carbons (Fsp3) is 0.188. The molecule has 5 heteroatoms. The number of nitrogens with one attached hydrogen (secondary N) is 1. The van der Waals surface area contributed by atoms with Gasteiger partial charge in [0, 0.05) is 35.4 Å². The van der Waals surface area contributed by atoms with Crippen LogP contribution in [-0.4, -0.2) is 20.2 Å². The van der Waals surface area contributed by atoms with E-state index in [9.17, 15) is 0 Å². The molecule has 0 unspecified atom stereocenters. The first-order valence-electron chi connectivity index (χ1n) is 6.75. The van der Waals surface area contributed by atoms with E-state index in [1.54, 1.807) is 12.5 Å². The van der Waals surface area contributed by atoms with Crippen molar-refractivity contribution in [1.82, 2.24) is 20.2 Å². The second-order valence-corrected chi connectivity index (χ2v) is 5.36. The summed E-state index contributed by atoms with van der Waals surface area (Å²) in [6.07, 6.45) is 5.92. The molecule has 2 aromatic heterocycles. The first kappa shape index (κ1) is 13.8. The summed E-state index contributed by atoms with van der Waals surface area (Å²) in [5.41, 5.74) is 4.22. The van der Waals surface area contributed by atoms with Gasteiger partial charge in [0.2, 0.25) is 0 Å². The maximum Gasteiger partial charge on any atom is 0.0921 e. The fourth-order valence-corrected chi connectivity index (χ4v) is 2.92. The number of hydrogen-bond acceptors (Lipinski definition) is 3. The number of aromatic amines is 1. The monoisotopic (exact) mass is 298 g/mol. The van der Waals surface area contributed by atoms with Crippen molar-refractivity contribution in [2.24, 2.45) is 0 Å². The van der Waals surface area contributed by atoms with E-state index < -0.39 is 0 Å². The Balaban J connectivity index is 2.05. The highest BCUT2D eigenvalue weighted by Crippen LogP contribution is 2.34. The van der Waals surface area contributed by atoms with Crippen LogP contribution in [0.15, 0.2) is 49.1 Å². The van der Waals surface area contributed by atoms with Crippen molar-refractivity contribution in [3.05, 3.63) is 76.6 Å². The van der Waals surface area contributed by atoms with Crippen LogP contribution in [0.1, 0.15) is 28.4 Å². The molecule has 0 radical (unpaired) electrons. The summed E-state index contributed by atoms with van der Waals surface area (Å²) in [6.45, 7) is 2.07. The molecule has 2 heterocycles. The van der Waals surface area contributed by atoms with E-state index in [0.717, 1.165) is 34.0 Å². The van der Waals surface area contributed by atoms with Gasteiger partial charge in [0.15, 0.2) is 0 Å². The Hall–Kier alpha value is -2.20. The topological polar surface area (TPSA) is 54.5 Å². The molecule has 3 rings (SSSR count). The van der Waals surface area contributed by atoms with E-state index in [4.69, 9.17) is 11.6 Å². The van der Waals surface area contributed by atoms with Crippen LogP contribution >= 0.6 is 11.6 Å². The molecule has 0 bridgehead atoms. The molecule has 0 aliphatic carbocycles. The minimum absolute atomic E-state index is 0.0814. The average molecular weight is 299 g/mol. The Bertz CT molecular complexity index is 690. The second kappa shape index (κ2) is 6.06. The summed E-state index contributed by atoms with van der Waals surface area (Å²) in [4.78, 5) is 7.33. The van der Waals surface area contributed by atoms with Crippen LogP contribution in [0.3, 0.4) is 0 Å². The van der Waals surface area contributed by atoms with Crippen molar-refractivity contribution in [1.29, 1.82) is 0 Å². The largest absolute Gasteiger partial charge is 0.348 e. The lowest BCUT2D eigenvalue weighted by molar-refractivity contribution is 0.740. The van der Waals surface area contributed by atoms with E-state index >= 15 is 0 Å². The summed E-state index contributed by atoms with van der Waals surface area (Å²) in [7, 11) is 0. The van der Waals surface area contributed by atoms with Crippen LogP contribution in [0, 0.1) is 6.92 Å². The van der Waals surface area contributed by atoms with Crippen LogP contribution in [0.25, 0.3) is 0 Å². The van der Waals surface area contributed by atoms with Gasteiger partial charge >= 0.3 is 0 Å². The maximum absolute atomic E-state index is 6.44. The van der Waals surface area contributed by atoms with Crippen molar-refractivity contribution in [2.45, 2.75) is 19.3 Å². The highest BCUT2D eigenvalue weighted by Gasteiger charge is 2.21. The number of nitrogens with zero attached hydrogens (tertiary/aromatic N) is 3. The number of halogens is 1. The van der Waals surface area contributed by atoms with E-state index in [0.29, 0.717) is 0 Å². The minimum atomic E-state index is 0.0814. The van der Waals surface area contributed by atoms with E-state index in [2.05, 4.69) is 33.2 Å². The molecule has 0 saturated heterocycles. The lowest BCUT2D eigenvalue weighted by Gasteiger charge is -2.19. The van der Waals surface area contributed by atoms with Gasteiger partial charge in [-0.2, -0.15) is 10.2 Å². The van der Waals surface area contributed by atoms with E-state index in [-0.39, 0.29) is 5.92 Å². The van der Waals surface area contributed by atoms with Gasteiger partial charge in [0.1, 0.15) is 0 Å². The van der Waals surface area contributed by atoms with Gasteiger partial charge < -0.3 is 4.98 Å². The van der Waals surface area contributed by atoms with Crippen molar-refractivity contribution in [3.63, 3.8) is 0 Å². The summed E-state index contributed by atoms with van der Waals surface area (Å²) >= 11 is 6.44. The number of rotatable bonds is 4. The van der Waals surface area contributed by atoms with Gasteiger partial charge in [-0.1, -0.05) is 23.7 Å². The van der Waals surface area contributed by atoms with Crippen LogP contribution in [0.2, 0.25) is 5.02 Å². The normalized spacial score (nSPS) is 12.3. The van der Waals surface area contributed by atoms with Crippen LogP contribution < -0.4 is 0 Å². The third-order valence-electron chi connectivity index (χ3n) is 3.55. The van der Waals surface area contributed by atoms with Gasteiger partial charge in [-0.25, -0.2) is 4.98 Å². The molecule has 3 aromatic rings. The molecule has 0 spiro atoms. The SMILES string of the molecule is Cc1cccc(Cl)c1[C@@H](Cc1cccnn1)c1cnc[nH]1. The smallest absolute Gasteiger partial charge is 0.0921 e. The molecular weight excluding hydrogens is 284 g/mol. The van der Waals surface area contributed by atoms with Gasteiger partial charge in [0.05, 0.1) is 12.0 Å². The first-order valence-corrected chi connectivity index (χ1v) is 7.13. The lowest BCUT2D eigenvalue weighted by atomic mass is 9.88. The molecule has 1 atom stereocenters. The summed E-state index contributed by atoms with van der Waals surface area (Å²) < 4.78 is 0. The molecule has 0 fully saturated rings. The number of H-pyrrole nitrogens is 1. The Morgan fingerprint density at radius 2 is 2.14 bits per heavy atom. The third kappa shape index (κ3) is 2.95. The fourth-order valence-electron chi connectivity index (χ4n) is 2.56. The molecule has 0 saturated carbocycles. The molecule has 106 valence electrons. The predicted octanol–water partition coefficient (Wildman–Crippen LogP) is 3.54. The standard InChI is InChI=1S/C16H15ClN4/c1-11-4-2-6-14(17)16(11)13(15-9-18-10-19-15)8-12-5-3-7-20-21-12/h2-7,9-10,13H,8H2,1H3,(H,18,19)/t13-/m0/s1. The van der Waals surface area contributed by atoms with Crippen molar-refractivity contribution >= 4 is 11.6 Å². The number of aromatic nitrogens is 4. The van der Waals surface area contributed by atoms with Crippen LogP contribution in [0.5, 0.6) is 0 Å². The zero-order valence-electron chi connectivity index (χ0n) is 11.6. The molecular formula is C16H15ClN4. The maximum atomic E-state index is 6.44. The van der Waals surface area contributed by atoms with Crippen molar-refractivity contribution in [3.8, 4) is 0 Å².